The molecule has 1 aromatic carbocycles. The van der Waals surface area contributed by atoms with Gasteiger partial charge in [0.05, 0.1) is 12.7 Å². The zero-order valence-electron chi connectivity index (χ0n) is 12.0. The van der Waals surface area contributed by atoms with E-state index < -0.39 is 0 Å². The molecule has 0 aromatic heterocycles. The van der Waals surface area contributed by atoms with Crippen LogP contribution in [0.1, 0.15) is 15.9 Å². The van der Waals surface area contributed by atoms with E-state index in [1.165, 1.54) is 0 Å². The van der Waals surface area contributed by atoms with Crippen molar-refractivity contribution in [3.63, 3.8) is 0 Å². The van der Waals surface area contributed by atoms with Crippen molar-refractivity contribution in [2.75, 3.05) is 39.8 Å². The third-order valence-corrected chi connectivity index (χ3v) is 3.51. The molecule has 1 aromatic rings. The predicted molar refractivity (Wildman–Crippen MR) is 78.8 cm³/mol. The Labute approximate surface area is 120 Å². The van der Waals surface area contributed by atoms with Crippen LogP contribution >= 0.6 is 0 Å². The normalized spacial score (nSPS) is 19.8. The van der Waals surface area contributed by atoms with Gasteiger partial charge < -0.3 is 20.7 Å². The first-order valence-corrected chi connectivity index (χ1v) is 7.07. The van der Waals surface area contributed by atoms with Crippen LogP contribution in [0.15, 0.2) is 24.3 Å². The molecule has 3 N–H and O–H groups in total. The Morgan fingerprint density at radius 1 is 1.50 bits per heavy atom. The van der Waals surface area contributed by atoms with Gasteiger partial charge in [0.2, 0.25) is 0 Å². The van der Waals surface area contributed by atoms with Crippen LogP contribution in [0.5, 0.6) is 0 Å². The quantitative estimate of drug-likeness (QED) is 0.809. The minimum absolute atomic E-state index is 0.0501. The van der Waals surface area contributed by atoms with Gasteiger partial charge in [-0.25, -0.2) is 0 Å². The largest absolute Gasteiger partial charge is 0.374 e. The SMILES string of the molecule is CN1CCOC(CNC(=O)c2ccccc2CCN)C1. The maximum absolute atomic E-state index is 12.2. The van der Waals surface area contributed by atoms with Gasteiger partial charge in [0.15, 0.2) is 0 Å². The molecule has 1 atom stereocenters. The second kappa shape index (κ2) is 7.38. The van der Waals surface area contributed by atoms with Gasteiger partial charge in [-0.3, -0.25) is 4.79 Å². The third kappa shape index (κ3) is 4.03. The maximum Gasteiger partial charge on any atom is 0.251 e. The highest BCUT2D eigenvalue weighted by Gasteiger charge is 2.19. The number of carbonyl (C=O) groups is 1. The maximum atomic E-state index is 12.2. The Morgan fingerprint density at radius 2 is 2.30 bits per heavy atom. The fourth-order valence-corrected chi connectivity index (χ4v) is 2.41. The van der Waals surface area contributed by atoms with Gasteiger partial charge >= 0.3 is 0 Å². The van der Waals surface area contributed by atoms with Crippen molar-refractivity contribution in [1.82, 2.24) is 10.2 Å². The van der Waals surface area contributed by atoms with Crippen molar-refractivity contribution in [1.29, 1.82) is 0 Å². The number of carbonyl (C=O) groups excluding carboxylic acids is 1. The van der Waals surface area contributed by atoms with E-state index in [1.807, 2.05) is 24.3 Å². The molecule has 0 saturated carbocycles. The summed E-state index contributed by atoms with van der Waals surface area (Å²) >= 11 is 0. The summed E-state index contributed by atoms with van der Waals surface area (Å²) < 4.78 is 5.64. The molecule has 2 rings (SSSR count). The number of hydrogen-bond acceptors (Lipinski definition) is 4. The number of benzene rings is 1. The van der Waals surface area contributed by atoms with E-state index in [1.54, 1.807) is 0 Å². The molecule has 1 amide bonds. The lowest BCUT2D eigenvalue weighted by molar-refractivity contribution is -0.0175. The van der Waals surface area contributed by atoms with Crippen LogP contribution in [0.3, 0.4) is 0 Å². The molecule has 1 fully saturated rings. The number of likely N-dealkylation sites (N-methyl/N-ethyl adjacent to an activating group) is 1. The number of ether oxygens (including phenoxy) is 1. The van der Waals surface area contributed by atoms with Crippen molar-refractivity contribution in [3.05, 3.63) is 35.4 Å². The highest BCUT2D eigenvalue weighted by molar-refractivity contribution is 5.95. The average molecular weight is 277 g/mol. The number of nitrogens with one attached hydrogen (secondary N) is 1. The van der Waals surface area contributed by atoms with E-state index in [9.17, 15) is 4.79 Å². The molecular weight excluding hydrogens is 254 g/mol. The zero-order valence-corrected chi connectivity index (χ0v) is 12.0. The smallest absolute Gasteiger partial charge is 0.251 e. The van der Waals surface area contributed by atoms with Crippen molar-refractivity contribution in [3.8, 4) is 0 Å². The molecule has 1 unspecified atom stereocenters. The summed E-state index contributed by atoms with van der Waals surface area (Å²) in [5, 5.41) is 2.96. The van der Waals surface area contributed by atoms with Crippen molar-refractivity contribution in [2.24, 2.45) is 5.73 Å². The molecule has 1 aliphatic heterocycles. The minimum Gasteiger partial charge on any atom is -0.374 e. The molecule has 0 bridgehead atoms. The number of amides is 1. The van der Waals surface area contributed by atoms with Gasteiger partial charge in [-0.1, -0.05) is 18.2 Å². The van der Waals surface area contributed by atoms with Crippen molar-refractivity contribution >= 4 is 5.91 Å². The fraction of sp³-hybridized carbons (Fsp3) is 0.533. The highest BCUT2D eigenvalue weighted by atomic mass is 16.5. The molecule has 20 heavy (non-hydrogen) atoms. The van der Waals surface area contributed by atoms with Gasteiger partial charge in [-0.05, 0) is 31.6 Å². The number of nitrogens with zero attached hydrogens (tertiary/aromatic N) is 1. The first-order valence-electron chi connectivity index (χ1n) is 7.07. The Bertz CT molecular complexity index is 450. The topological polar surface area (TPSA) is 67.6 Å². The molecule has 1 aliphatic rings. The summed E-state index contributed by atoms with van der Waals surface area (Å²) in [6, 6.07) is 7.60. The lowest BCUT2D eigenvalue weighted by atomic mass is 10.0. The highest BCUT2D eigenvalue weighted by Crippen LogP contribution is 2.09. The van der Waals surface area contributed by atoms with Crippen LogP contribution in [0.2, 0.25) is 0 Å². The van der Waals surface area contributed by atoms with Gasteiger partial charge in [0, 0.05) is 25.2 Å². The number of morpholine rings is 1. The molecule has 110 valence electrons. The van der Waals surface area contributed by atoms with Crippen LogP contribution in [0.4, 0.5) is 0 Å². The standard InChI is InChI=1S/C15H23N3O2/c1-18-8-9-20-13(11-18)10-17-15(19)14-5-3-2-4-12(14)6-7-16/h2-5,13H,6-11,16H2,1H3,(H,17,19). The zero-order chi connectivity index (χ0) is 14.4. The number of nitrogens with two attached hydrogens (primary N) is 1. The third-order valence-electron chi connectivity index (χ3n) is 3.51. The molecular formula is C15H23N3O2. The summed E-state index contributed by atoms with van der Waals surface area (Å²) in [5.74, 6) is -0.0501. The van der Waals surface area contributed by atoms with Crippen molar-refractivity contribution in [2.45, 2.75) is 12.5 Å². The number of hydrogen-bond donors (Lipinski definition) is 2. The fourth-order valence-electron chi connectivity index (χ4n) is 2.41. The Hall–Kier alpha value is -1.43. The molecule has 0 spiro atoms. The molecule has 0 aliphatic carbocycles. The first kappa shape index (κ1) is 15.0. The first-order chi connectivity index (χ1) is 9.70. The van der Waals surface area contributed by atoms with E-state index in [0.29, 0.717) is 25.1 Å². The van der Waals surface area contributed by atoms with Crippen LogP contribution in [-0.4, -0.2) is 56.7 Å². The van der Waals surface area contributed by atoms with Crippen LogP contribution in [-0.2, 0) is 11.2 Å². The van der Waals surface area contributed by atoms with E-state index in [0.717, 1.165) is 25.3 Å². The second-order valence-electron chi connectivity index (χ2n) is 5.16. The van der Waals surface area contributed by atoms with E-state index in [-0.39, 0.29) is 12.0 Å². The van der Waals surface area contributed by atoms with Crippen LogP contribution in [0.25, 0.3) is 0 Å². The van der Waals surface area contributed by atoms with E-state index in [2.05, 4.69) is 17.3 Å². The molecule has 1 saturated heterocycles. The van der Waals surface area contributed by atoms with Gasteiger partial charge in [-0.2, -0.15) is 0 Å². The Balaban J connectivity index is 1.91. The minimum atomic E-state index is -0.0501. The van der Waals surface area contributed by atoms with E-state index >= 15 is 0 Å². The molecule has 5 nitrogen and oxygen atoms in total. The average Bonchev–Trinajstić information content (AvgIpc) is 2.46. The van der Waals surface area contributed by atoms with Crippen LogP contribution < -0.4 is 11.1 Å². The van der Waals surface area contributed by atoms with Gasteiger partial charge in [-0.15, -0.1) is 0 Å². The summed E-state index contributed by atoms with van der Waals surface area (Å²) in [5.41, 5.74) is 7.28. The Kier molecular flexibility index (Phi) is 5.52. The summed E-state index contributed by atoms with van der Waals surface area (Å²) in [6.07, 6.45) is 0.783. The second-order valence-corrected chi connectivity index (χ2v) is 5.16. The lowest BCUT2D eigenvalue weighted by Crippen LogP contribution is -2.46. The molecule has 1 heterocycles. The molecule has 0 radical (unpaired) electrons. The summed E-state index contributed by atoms with van der Waals surface area (Å²) in [6.45, 7) is 3.61. The number of rotatable bonds is 5. The van der Waals surface area contributed by atoms with Crippen LogP contribution in [0, 0.1) is 0 Å². The Morgan fingerprint density at radius 3 is 3.05 bits per heavy atom. The van der Waals surface area contributed by atoms with E-state index in [4.69, 9.17) is 10.5 Å². The van der Waals surface area contributed by atoms with Gasteiger partial charge in [0.1, 0.15) is 0 Å². The van der Waals surface area contributed by atoms with Crippen molar-refractivity contribution < 1.29 is 9.53 Å². The lowest BCUT2D eigenvalue weighted by Gasteiger charge is -2.30. The monoisotopic (exact) mass is 277 g/mol. The summed E-state index contributed by atoms with van der Waals surface area (Å²) in [4.78, 5) is 14.5. The summed E-state index contributed by atoms with van der Waals surface area (Å²) in [7, 11) is 2.06. The van der Waals surface area contributed by atoms with Gasteiger partial charge in [0.25, 0.3) is 5.91 Å². The predicted octanol–water partition coefficient (Wildman–Crippen LogP) is 0.248. The molecule has 5 heteroatoms.